The number of piperidine rings is 1. The van der Waals surface area contributed by atoms with Gasteiger partial charge in [0.15, 0.2) is 0 Å². The average molecular weight is 296 g/mol. The molecule has 1 atom stereocenters. The molecule has 0 radical (unpaired) electrons. The van der Waals surface area contributed by atoms with Crippen molar-refractivity contribution in [1.29, 1.82) is 0 Å². The van der Waals surface area contributed by atoms with Gasteiger partial charge < -0.3 is 10.2 Å². The molecule has 0 aromatic heterocycles. The third-order valence-corrected chi connectivity index (χ3v) is 3.98. The summed E-state index contributed by atoms with van der Waals surface area (Å²) >= 11 is 0. The fraction of sp³-hybridized carbons (Fsp3) is 0.562. The predicted molar refractivity (Wildman–Crippen MR) is 77.9 cm³/mol. The van der Waals surface area contributed by atoms with Crippen LogP contribution >= 0.6 is 0 Å². The molecule has 1 aromatic carbocycles. The number of nitrogens with zero attached hydrogens (tertiary/aromatic N) is 1. The van der Waals surface area contributed by atoms with Crippen LogP contribution in [0.25, 0.3) is 0 Å². The summed E-state index contributed by atoms with van der Waals surface area (Å²) < 4.78 is 26.6. The lowest BCUT2D eigenvalue weighted by Crippen LogP contribution is -2.42. The first-order chi connectivity index (χ1) is 10.1. The Morgan fingerprint density at radius 1 is 1.43 bits per heavy atom. The van der Waals surface area contributed by atoms with Gasteiger partial charge in [-0.15, -0.1) is 0 Å². The number of amides is 1. The van der Waals surface area contributed by atoms with Gasteiger partial charge >= 0.3 is 0 Å². The molecular formula is C16H22F2N2O. The van der Waals surface area contributed by atoms with E-state index in [-0.39, 0.29) is 24.3 Å². The average Bonchev–Trinajstić information content (AvgIpc) is 2.48. The van der Waals surface area contributed by atoms with Gasteiger partial charge in [-0.1, -0.05) is 0 Å². The van der Waals surface area contributed by atoms with E-state index in [1.807, 2.05) is 11.9 Å². The molecule has 0 spiro atoms. The van der Waals surface area contributed by atoms with Crippen LogP contribution in [0.4, 0.5) is 8.78 Å². The maximum atomic E-state index is 13.5. The minimum Gasteiger partial charge on any atom is -0.342 e. The third kappa shape index (κ3) is 4.49. The number of likely N-dealkylation sites (tertiary alicyclic amines) is 1. The van der Waals surface area contributed by atoms with Gasteiger partial charge in [-0.3, -0.25) is 4.79 Å². The molecule has 2 rings (SSSR count). The van der Waals surface area contributed by atoms with Gasteiger partial charge in [0, 0.05) is 19.5 Å². The van der Waals surface area contributed by atoms with E-state index in [4.69, 9.17) is 0 Å². The van der Waals surface area contributed by atoms with E-state index in [0.29, 0.717) is 5.92 Å². The zero-order chi connectivity index (χ0) is 15.2. The van der Waals surface area contributed by atoms with Crippen LogP contribution in [-0.4, -0.2) is 37.5 Å². The standard InChI is InChI=1S/C16H22F2N2O/c1-19-10-12-3-2-8-20(11-12)16(21)7-4-13-9-14(17)5-6-15(13)18/h5-6,9,12,19H,2-4,7-8,10-11H2,1H3. The van der Waals surface area contributed by atoms with Crippen molar-refractivity contribution in [1.82, 2.24) is 10.2 Å². The molecule has 1 unspecified atom stereocenters. The SMILES string of the molecule is CNCC1CCCN(C(=O)CCc2cc(F)ccc2F)C1. The molecule has 1 aliphatic heterocycles. The van der Waals surface area contributed by atoms with Crippen molar-refractivity contribution in [2.75, 3.05) is 26.7 Å². The lowest BCUT2D eigenvalue weighted by Gasteiger charge is -2.32. The molecule has 0 saturated carbocycles. The molecule has 0 aliphatic carbocycles. The summed E-state index contributed by atoms with van der Waals surface area (Å²) in [5.41, 5.74) is 0.270. The van der Waals surface area contributed by atoms with Gasteiger partial charge in [-0.25, -0.2) is 8.78 Å². The molecule has 1 fully saturated rings. The molecule has 5 heteroatoms. The molecule has 116 valence electrons. The molecular weight excluding hydrogens is 274 g/mol. The summed E-state index contributed by atoms with van der Waals surface area (Å²) in [4.78, 5) is 14.1. The summed E-state index contributed by atoms with van der Waals surface area (Å²) in [5, 5.41) is 3.14. The molecule has 1 heterocycles. The molecule has 0 bridgehead atoms. The first-order valence-corrected chi connectivity index (χ1v) is 7.46. The van der Waals surface area contributed by atoms with Crippen molar-refractivity contribution in [2.45, 2.75) is 25.7 Å². The number of carbonyl (C=O) groups is 1. The quantitative estimate of drug-likeness (QED) is 0.904. The fourth-order valence-electron chi connectivity index (χ4n) is 2.88. The lowest BCUT2D eigenvalue weighted by molar-refractivity contribution is -0.132. The Labute approximate surface area is 124 Å². The van der Waals surface area contributed by atoms with E-state index >= 15 is 0 Å². The Morgan fingerprint density at radius 3 is 3.00 bits per heavy atom. The number of carbonyl (C=O) groups excluding carboxylic acids is 1. The second kappa shape index (κ2) is 7.50. The van der Waals surface area contributed by atoms with E-state index in [2.05, 4.69) is 5.32 Å². The predicted octanol–water partition coefficient (Wildman–Crippen LogP) is 2.36. The highest BCUT2D eigenvalue weighted by Gasteiger charge is 2.23. The van der Waals surface area contributed by atoms with Crippen LogP contribution in [0.2, 0.25) is 0 Å². The van der Waals surface area contributed by atoms with Crippen LogP contribution in [0, 0.1) is 17.6 Å². The van der Waals surface area contributed by atoms with E-state index < -0.39 is 11.6 Å². The van der Waals surface area contributed by atoms with Crippen molar-refractivity contribution < 1.29 is 13.6 Å². The maximum absolute atomic E-state index is 13.5. The van der Waals surface area contributed by atoms with Crippen molar-refractivity contribution in [3.8, 4) is 0 Å². The largest absolute Gasteiger partial charge is 0.342 e. The number of hydrogen-bond donors (Lipinski definition) is 1. The summed E-state index contributed by atoms with van der Waals surface area (Å²) in [6.07, 6.45) is 2.61. The van der Waals surface area contributed by atoms with Crippen LogP contribution in [0.15, 0.2) is 18.2 Å². The summed E-state index contributed by atoms with van der Waals surface area (Å²) in [5.74, 6) is -0.403. The minimum atomic E-state index is -0.467. The molecule has 1 aliphatic rings. The monoisotopic (exact) mass is 296 g/mol. The molecule has 1 N–H and O–H groups in total. The van der Waals surface area contributed by atoms with Crippen molar-refractivity contribution >= 4 is 5.91 Å². The van der Waals surface area contributed by atoms with Gasteiger partial charge in [-0.2, -0.15) is 0 Å². The van der Waals surface area contributed by atoms with Crippen molar-refractivity contribution in [3.63, 3.8) is 0 Å². The number of rotatable bonds is 5. The van der Waals surface area contributed by atoms with Crippen molar-refractivity contribution in [3.05, 3.63) is 35.4 Å². The second-order valence-corrected chi connectivity index (χ2v) is 5.64. The number of hydrogen-bond acceptors (Lipinski definition) is 2. The minimum absolute atomic E-state index is 0.0273. The highest BCUT2D eigenvalue weighted by molar-refractivity contribution is 5.76. The normalized spacial score (nSPS) is 18.8. The smallest absolute Gasteiger partial charge is 0.222 e. The first kappa shape index (κ1) is 15.9. The molecule has 3 nitrogen and oxygen atoms in total. The van der Waals surface area contributed by atoms with Gasteiger partial charge in [0.1, 0.15) is 11.6 Å². The molecule has 1 amide bonds. The summed E-state index contributed by atoms with van der Waals surface area (Å²) in [6.45, 7) is 2.43. The van der Waals surface area contributed by atoms with E-state index in [1.54, 1.807) is 0 Å². The Kier molecular flexibility index (Phi) is 5.67. The number of halogens is 2. The van der Waals surface area contributed by atoms with Crippen molar-refractivity contribution in [2.24, 2.45) is 5.92 Å². The van der Waals surface area contributed by atoms with E-state index in [1.165, 1.54) is 6.07 Å². The topological polar surface area (TPSA) is 32.3 Å². The molecule has 21 heavy (non-hydrogen) atoms. The Hall–Kier alpha value is -1.49. The second-order valence-electron chi connectivity index (χ2n) is 5.64. The Bertz CT molecular complexity index is 491. The maximum Gasteiger partial charge on any atom is 0.222 e. The fourth-order valence-corrected chi connectivity index (χ4v) is 2.88. The van der Waals surface area contributed by atoms with Gasteiger partial charge in [0.2, 0.25) is 5.91 Å². The van der Waals surface area contributed by atoms with E-state index in [9.17, 15) is 13.6 Å². The van der Waals surface area contributed by atoms with Crippen LogP contribution in [0.3, 0.4) is 0 Å². The first-order valence-electron chi connectivity index (χ1n) is 7.46. The van der Waals surface area contributed by atoms with E-state index in [0.717, 1.165) is 44.6 Å². The lowest BCUT2D eigenvalue weighted by atomic mass is 9.97. The molecule has 1 aromatic rings. The highest BCUT2D eigenvalue weighted by atomic mass is 19.1. The van der Waals surface area contributed by atoms with Gasteiger partial charge in [0.05, 0.1) is 0 Å². The Balaban J connectivity index is 1.88. The third-order valence-electron chi connectivity index (χ3n) is 3.98. The van der Waals surface area contributed by atoms with Crippen LogP contribution in [0.5, 0.6) is 0 Å². The number of benzene rings is 1. The zero-order valence-corrected chi connectivity index (χ0v) is 12.4. The zero-order valence-electron chi connectivity index (χ0n) is 12.4. The highest BCUT2D eigenvalue weighted by Crippen LogP contribution is 2.18. The van der Waals surface area contributed by atoms with Crippen LogP contribution in [0.1, 0.15) is 24.8 Å². The number of nitrogens with one attached hydrogen (secondary N) is 1. The van der Waals surface area contributed by atoms with Crippen LogP contribution < -0.4 is 5.32 Å². The number of aryl methyl sites for hydroxylation is 1. The molecule has 1 saturated heterocycles. The Morgan fingerprint density at radius 2 is 2.24 bits per heavy atom. The summed E-state index contributed by atoms with van der Waals surface area (Å²) in [7, 11) is 1.91. The van der Waals surface area contributed by atoms with Crippen LogP contribution in [-0.2, 0) is 11.2 Å². The van der Waals surface area contributed by atoms with Gasteiger partial charge in [0.25, 0.3) is 0 Å². The van der Waals surface area contributed by atoms with Gasteiger partial charge in [-0.05, 0) is 62.5 Å². The summed E-state index contributed by atoms with van der Waals surface area (Å²) in [6, 6.07) is 3.37.